The maximum atomic E-state index is 10.3. The molecule has 0 radical (unpaired) electrons. The first-order chi connectivity index (χ1) is 12.3. The minimum atomic E-state index is -1.71. The van der Waals surface area contributed by atoms with E-state index in [9.17, 15) is 35.7 Å². The van der Waals surface area contributed by atoms with Crippen molar-refractivity contribution in [2.45, 2.75) is 61.4 Å². The van der Waals surface area contributed by atoms with Gasteiger partial charge in [0.1, 0.15) is 48.8 Å². The number of hydrogen-bond acceptors (Lipinski definition) is 11. The summed E-state index contributed by atoms with van der Waals surface area (Å²) in [6, 6.07) is 0. The third-order valence-electron chi connectivity index (χ3n) is 4.34. The standard InChI is InChI=1S/C15H26O11/c1-2-3-23-14-12(22)13(9(19)7(5-17)24-14)26-15-11(21)10(20)8(18)6(4-16)25-15/h2,6-22H,1,3-5H2/t6-,7-,8+,9+,10+,11-,12-,13+,14+,15?/m1/s1. The van der Waals surface area contributed by atoms with Gasteiger partial charge in [0.05, 0.1) is 19.8 Å². The van der Waals surface area contributed by atoms with Crippen molar-refractivity contribution in [3.05, 3.63) is 12.7 Å². The molecule has 0 aromatic heterocycles. The van der Waals surface area contributed by atoms with E-state index in [-0.39, 0.29) is 6.61 Å². The van der Waals surface area contributed by atoms with Gasteiger partial charge in [-0.2, -0.15) is 0 Å². The lowest BCUT2D eigenvalue weighted by Crippen LogP contribution is -2.64. The van der Waals surface area contributed by atoms with Gasteiger partial charge in [-0.1, -0.05) is 6.08 Å². The molecule has 11 nitrogen and oxygen atoms in total. The SMILES string of the molecule is C=CCO[C@H]1O[C@H](CO)[C@H](O)[C@H](OC2O[C@H](CO)[C@H](O)[C@H](O)[C@H]2O)[C@H]1O. The van der Waals surface area contributed by atoms with Gasteiger partial charge in [0.15, 0.2) is 12.6 Å². The third kappa shape index (κ3) is 4.40. The molecule has 0 bridgehead atoms. The van der Waals surface area contributed by atoms with Gasteiger partial charge < -0.3 is 54.7 Å². The average Bonchev–Trinajstić information content (AvgIpc) is 2.64. The Bertz CT molecular complexity index is 447. The molecule has 2 fully saturated rings. The van der Waals surface area contributed by atoms with Crippen molar-refractivity contribution in [1.29, 1.82) is 0 Å². The molecule has 0 saturated carbocycles. The van der Waals surface area contributed by atoms with Gasteiger partial charge in [-0.3, -0.25) is 0 Å². The Balaban J connectivity index is 2.14. The van der Waals surface area contributed by atoms with Crippen LogP contribution in [0.15, 0.2) is 12.7 Å². The molecule has 0 aliphatic carbocycles. The lowest BCUT2D eigenvalue weighted by Gasteiger charge is -2.45. The van der Waals surface area contributed by atoms with E-state index in [1.807, 2.05) is 0 Å². The molecule has 2 aliphatic heterocycles. The Morgan fingerprint density at radius 3 is 1.92 bits per heavy atom. The van der Waals surface area contributed by atoms with Crippen LogP contribution in [0.1, 0.15) is 0 Å². The molecule has 2 heterocycles. The quantitative estimate of drug-likeness (QED) is 0.212. The van der Waals surface area contributed by atoms with Crippen molar-refractivity contribution >= 4 is 0 Å². The van der Waals surface area contributed by atoms with Crippen LogP contribution in [-0.4, -0.2) is 117 Å². The first-order valence-electron chi connectivity index (χ1n) is 8.16. The largest absolute Gasteiger partial charge is 0.394 e. The summed E-state index contributed by atoms with van der Waals surface area (Å²) >= 11 is 0. The van der Waals surface area contributed by atoms with Crippen molar-refractivity contribution in [2.24, 2.45) is 0 Å². The highest BCUT2D eigenvalue weighted by Gasteiger charge is 2.50. The zero-order valence-electron chi connectivity index (χ0n) is 13.9. The Morgan fingerprint density at radius 2 is 1.35 bits per heavy atom. The van der Waals surface area contributed by atoms with Gasteiger partial charge in [0.2, 0.25) is 0 Å². The molecule has 0 aromatic rings. The maximum absolute atomic E-state index is 10.3. The number of rotatable bonds is 7. The average molecular weight is 382 g/mol. The molecular weight excluding hydrogens is 356 g/mol. The Labute approximate surface area is 149 Å². The van der Waals surface area contributed by atoms with E-state index in [0.29, 0.717) is 0 Å². The van der Waals surface area contributed by atoms with Crippen LogP contribution in [0.3, 0.4) is 0 Å². The normalized spacial score (nSPS) is 46.9. The third-order valence-corrected chi connectivity index (χ3v) is 4.34. The number of ether oxygens (including phenoxy) is 4. The topological polar surface area (TPSA) is 179 Å². The van der Waals surface area contributed by atoms with E-state index in [1.54, 1.807) is 0 Å². The smallest absolute Gasteiger partial charge is 0.187 e. The van der Waals surface area contributed by atoms with Crippen molar-refractivity contribution in [3.8, 4) is 0 Å². The summed E-state index contributed by atoms with van der Waals surface area (Å²) in [5.41, 5.74) is 0. The van der Waals surface area contributed by atoms with Gasteiger partial charge in [-0.25, -0.2) is 0 Å². The molecule has 7 N–H and O–H groups in total. The van der Waals surface area contributed by atoms with E-state index in [0.717, 1.165) is 0 Å². The van der Waals surface area contributed by atoms with Crippen molar-refractivity contribution in [3.63, 3.8) is 0 Å². The molecule has 0 spiro atoms. The molecule has 2 aliphatic rings. The molecule has 2 rings (SSSR count). The monoisotopic (exact) mass is 382 g/mol. The molecular formula is C15H26O11. The molecule has 152 valence electrons. The molecule has 0 aromatic carbocycles. The second-order valence-corrected chi connectivity index (χ2v) is 6.13. The Kier molecular flexibility index (Phi) is 7.88. The maximum Gasteiger partial charge on any atom is 0.187 e. The van der Waals surface area contributed by atoms with Crippen molar-refractivity contribution < 1.29 is 54.7 Å². The zero-order valence-corrected chi connectivity index (χ0v) is 13.9. The van der Waals surface area contributed by atoms with Gasteiger partial charge in [0, 0.05) is 0 Å². The van der Waals surface area contributed by atoms with Crippen LogP contribution < -0.4 is 0 Å². The summed E-state index contributed by atoms with van der Waals surface area (Å²) in [6.45, 7) is 2.22. The van der Waals surface area contributed by atoms with Crippen LogP contribution in [0.5, 0.6) is 0 Å². The van der Waals surface area contributed by atoms with Crippen molar-refractivity contribution in [2.75, 3.05) is 19.8 Å². The van der Waals surface area contributed by atoms with E-state index in [2.05, 4.69) is 6.58 Å². The first kappa shape index (κ1) is 21.6. The van der Waals surface area contributed by atoms with Crippen molar-refractivity contribution in [1.82, 2.24) is 0 Å². The fourth-order valence-corrected chi connectivity index (χ4v) is 2.85. The molecule has 11 heteroatoms. The van der Waals surface area contributed by atoms with Gasteiger partial charge in [-0.15, -0.1) is 6.58 Å². The van der Waals surface area contributed by atoms with E-state index >= 15 is 0 Å². The van der Waals surface area contributed by atoms with Crippen LogP contribution in [0.4, 0.5) is 0 Å². The second kappa shape index (κ2) is 9.48. The highest BCUT2D eigenvalue weighted by molar-refractivity contribution is 4.94. The lowest BCUT2D eigenvalue weighted by molar-refractivity contribution is -0.359. The second-order valence-electron chi connectivity index (χ2n) is 6.13. The minimum Gasteiger partial charge on any atom is -0.394 e. The summed E-state index contributed by atoms with van der Waals surface area (Å²) in [5, 5.41) is 68.7. The predicted molar refractivity (Wildman–Crippen MR) is 82.5 cm³/mol. The highest BCUT2D eigenvalue weighted by Crippen LogP contribution is 2.29. The van der Waals surface area contributed by atoms with Crippen LogP contribution in [0.25, 0.3) is 0 Å². The summed E-state index contributed by atoms with van der Waals surface area (Å²) in [6.07, 6.45) is -13.2. The zero-order chi connectivity index (χ0) is 19.4. The fourth-order valence-electron chi connectivity index (χ4n) is 2.85. The molecule has 1 unspecified atom stereocenters. The predicted octanol–water partition coefficient (Wildman–Crippen LogP) is -4.19. The molecule has 26 heavy (non-hydrogen) atoms. The van der Waals surface area contributed by atoms with Gasteiger partial charge >= 0.3 is 0 Å². The lowest BCUT2D eigenvalue weighted by atomic mass is 9.97. The molecule has 2 saturated heterocycles. The summed E-state index contributed by atoms with van der Waals surface area (Å²) in [5.74, 6) is 0. The van der Waals surface area contributed by atoms with E-state index < -0.39 is 74.6 Å². The Hall–Kier alpha value is -0.700. The molecule has 0 amide bonds. The Morgan fingerprint density at radius 1 is 0.769 bits per heavy atom. The van der Waals surface area contributed by atoms with E-state index in [1.165, 1.54) is 6.08 Å². The number of hydrogen-bond donors (Lipinski definition) is 7. The first-order valence-corrected chi connectivity index (χ1v) is 8.16. The van der Waals surface area contributed by atoms with Crippen LogP contribution in [0.2, 0.25) is 0 Å². The number of aliphatic hydroxyl groups excluding tert-OH is 7. The fraction of sp³-hybridized carbons (Fsp3) is 0.867. The van der Waals surface area contributed by atoms with Gasteiger partial charge in [0.25, 0.3) is 0 Å². The summed E-state index contributed by atoms with van der Waals surface area (Å²) in [7, 11) is 0. The van der Waals surface area contributed by atoms with Crippen LogP contribution in [0, 0.1) is 0 Å². The summed E-state index contributed by atoms with van der Waals surface area (Å²) < 4.78 is 21.1. The van der Waals surface area contributed by atoms with Crippen LogP contribution >= 0.6 is 0 Å². The van der Waals surface area contributed by atoms with Crippen LogP contribution in [-0.2, 0) is 18.9 Å². The van der Waals surface area contributed by atoms with Gasteiger partial charge in [-0.05, 0) is 0 Å². The van der Waals surface area contributed by atoms with E-state index in [4.69, 9.17) is 18.9 Å². The summed E-state index contributed by atoms with van der Waals surface area (Å²) in [4.78, 5) is 0. The number of aliphatic hydroxyl groups is 7. The minimum absolute atomic E-state index is 0.0166. The molecule has 10 atom stereocenters. The highest BCUT2D eigenvalue weighted by atomic mass is 16.7.